The molecule has 2 radical (unpaired) electrons. The maximum atomic E-state index is 5.34. The molecule has 0 amide bonds. The normalized spacial score (nSPS) is 21.2. The molecule has 1 aliphatic heterocycles. The van der Waals surface area contributed by atoms with Crippen molar-refractivity contribution >= 4 is 9.76 Å². The molecule has 0 aromatic heterocycles. The van der Waals surface area contributed by atoms with Crippen molar-refractivity contribution in [1.82, 2.24) is 0 Å². The van der Waals surface area contributed by atoms with Gasteiger partial charge in [0.1, 0.15) is 6.10 Å². The molecule has 0 bridgehead atoms. The molecule has 1 fully saturated rings. The Labute approximate surface area is 76.3 Å². The number of ether oxygens (including phenoxy) is 2. The lowest BCUT2D eigenvalue weighted by atomic mass is 10.5. The maximum Gasteiger partial charge on any atom is 0.231 e. The van der Waals surface area contributed by atoms with Gasteiger partial charge in [-0.05, 0) is 12.5 Å². The van der Waals surface area contributed by atoms with Crippen LogP contribution in [0.2, 0.25) is 6.04 Å². The molecule has 1 aliphatic rings. The molecule has 1 atom stereocenters. The van der Waals surface area contributed by atoms with E-state index in [1.807, 2.05) is 0 Å². The minimum Gasteiger partial charge on any atom is -0.417 e. The Hall–Kier alpha value is 0.0969. The summed E-state index contributed by atoms with van der Waals surface area (Å²) >= 11 is 0. The van der Waals surface area contributed by atoms with Gasteiger partial charge in [0.25, 0.3) is 0 Å². The van der Waals surface area contributed by atoms with Crippen LogP contribution in [0.3, 0.4) is 0 Å². The lowest BCUT2D eigenvalue weighted by Gasteiger charge is -2.01. The maximum absolute atomic E-state index is 5.34. The molecule has 3 nitrogen and oxygen atoms in total. The Bertz CT molecular complexity index is 106. The van der Waals surface area contributed by atoms with Gasteiger partial charge in [-0.3, -0.25) is 0 Å². The molecule has 1 rings (SSSR count). The van der Waals surface area contributed by atoms with Crippen LogP contribution in [-0.2, 0) is 13.9 Å². The minimum atomic E-state index is 0.393. The number of rotatable bonds is 8. The van der Waals surface area contributed by atoms with E-state index < -0.39 is 0 Å². The van der Waals surface area contributed by atoms with Crippen LogP contribution in [0.1, 0.15) is 13.3 Å². The van der Waals surface area contributed by atoms with Gasteiger partial charge in [-0.1, -0.05) is 6.92 Å². The molecule has 0 saturated carbocycles. The van der Waals surface area contributed by atoms with E-state index in [1.165, 1.54) is 0 Å². The van der Waals surface area contributed by atoms with Crippen molar-refractivity contribution in [2.24, 2.45) is 0 Å². The van der Waals surface area contributed by atoms with Crippen molar-refractivity contribution in [3.05, 3.63) is 0 Å². The first-order chi connectivity index (χ1) is 5.93. The minimum absolute atomic E-state index is 0.393. The van der Waals surface area contributed by atoms with E-state index in [-0.39, 0.29) is 0 Å². The van der Waals surface area contributed by atoms with Crippen LogP contribution < -0.4 is 0 Å². The highest BCUT2D eigenvalue weighted by molar-refractivity contribution is 6.27. The molecule has 1 heterocycles. The predicted octanol–water partition coefficient (Wildman–Crippen LogP) is 0.866. The average molecular weight is 188 g/mol. The second-order valence-electron chi connectivity index (χ2n) is 2.77. The summed E-state index contributed by atoms with van der Waals surface area (Å²) in [6.45, 7) is 5.45. The summed E-state index contributed by atoms with van der Waals surface area (Å²) in [5.41, 5.74) is 0. The molecule has 12 heavy (non-hydrogen) atoms. The zero-order valence-corrected chi connectivity index (χ0v) is 8.54. The third-order valence-corrected chi connectivity index (χ3v) is 2.28. The molecular formula is C8H16O3Si. The van der Waals surface area contributed by atoms with Gasteiger partial charge < -0.3 is 13.9 Å². The predicted molar refractivity (Wildman–Crippen MR) is 47.4 cm³/mol. The molecule has 1 unspecified atom stereocenters. The Balaban J connectivity index is 1.65. The van der Waals surface area contributed by atoms with Crippen molar-refractivity contribution < 1.29 is 13.9 Å². The van der Waals surface area contributed by atoms with Crippen molar-refractivity contribution in [1.29, 1.82) is 0 Å². The molecule has 1 saturated heterocycles. The van der Waals surface area contributed by atoms with E-state index in [9.17, 15) is 0 Å². The summed E-state index contributed by atoms with van der Waals surface area (Å²) in [6, 6.07) is 1.02. The van der Waals surface area contributed by atoms with Crippen LogP contribution in [-0.4, -0.2) is 42.3 Å². The van der Waals surface area contributed by atoms with E-state index >= 15 is 0 Å². The zero-order chi connectivity index (χ0) is 8.65. The lowest BCUT2D eigenvalue weighted by molar-refractivity contribution is 0.126. The van der Waals surface area contributed by atoms with E-state index in [1.54, 1.807) is 0 Å². The highest BCUT2D eigenvalue weighted by Crippen LogP contribution is 2.08. The molecule has 0 spiro atoms. The molecule has 0 aliphatic carbocycles. The molecule has 70 valence electrons. The second kappa shape index (κ2) is 6.60. The largest absolute Gasteiger partial charge is 0.417 e. The van der Waals surface area contributed by atoms with Crippen LogP contribution in [0.15, 0.2) is 0 Å². The Morgan fingerprint density at radius 3 is 3.00 bits per heavy atom. The van der Waals surface area contributed by atoms with Crippen LogP contribution in [0, 0.1) is 0 Å². The van der Waals surface area contributed by atoms with Crippen LogP contribution in [0.25, 0.3) is 0 Å². The van der Waals surface area contributed by atoms with Gasteiger partial charge in [0.15, 0.2) is 0 Å². The summed E-state index contributed by atoms with van der Waals surface area (Å²) in [5.74, 6) is 0. The fraction of sp³-hybridized carbons (Fsp3) is 1.00. The molecule has 4 heteroatoms. The highest BCUT2D eigenvalue weighted by atomic mass is 28.2. The SMILES string of the molecule is CCCO[Si]CCOCC1CO1. The number of epoxide rings is 1. The van der Waals surface area contributed by atoms with Gasteiger partial charge in [0.2, 0.25) is 9.76 Å². The number of hydrogen-bond acceptors (Lipinski definition) is 3. The monoisotopic (exact) mass is 188 g/mol. The van der Waals surface area contributed by atoms with Crippen LogP contribution in [0.4, 0.5) is 0 Å². The quantitative estimate of drug-likeness (QED) is 0.322. The zero-order valence-electron chi connectivity index (χ0n) is 7.54. The molecular weight excluding hydrogens is 172 g/mol. The smallest absolute Gasteiger partial charge is 0.231 e. The van der Waals surface area contributed by atoms with Crippen molar-refractivity contribution in [3.8, 4) is 0 Å². The highest BCUT2D eigenvalue weighted by Gasteiger charge is 2.21. The van der Waals surface area contributed by atoms with Gasteiger partial charge >= 0.3 is 0 Å². The Morgan fingerprint density at radius 1 is 1.50 bits per heavy atom. The summed E-state index contributed by atoms with van der Waals surface area (Å²) in [7, 11) is 0.597. The molecule has 0 aromatic rings. The van der Waals surface area contributed by atoms with Gasteiger partial charge in [0.05, 0.1) is 13.2 Å². The molecule has 0 aromatic carbocycles. The van der Waals surface area contributed by atoms with Gasteiger partial charge in [0, 0.05) is 13.2 Å². The third kappa shape index (κ3) is 5.71. The standard InChI is InChI=1S/C8H16O3Si/c1-2-3-11-12-5-4-9-6-8-7-10-8/h8H,2-7H2,1H3. The lowest BCUT2D eigenvalue weighted by Crippen LogP contribution is -2.07. The summed E-state index contributed by atoms with van der Waals surface area (Å²) in [6.07, 6.45) is 1.49. The topological polar surface area (TPSA) is 31.0 Å². The van der Waals surface area contributed by atoms with E-state index in [0.29, 0.717) is 15.9 Å². The van der Waals surface area contributed by atoms with E-state index in [0.717, 1.165) is 38.9 Å². The third-order valence-electron chi connectivity index (χ3n) is 1.46. The summed E-state index contributed by atoms with van der Waals surface area (Å²) in [5, 5.41) is 0. The first-order valence-corrected chi connectivity index (χ1v) is 5.59. The first kappa shape index (κ1) is 10.2. The van der Waals surface area contributed by atoms with Gasteiger partial charge in [-0.25, -0.2) is 0 Å². The van der Waals surface area contributed by atoms with Crippen molar-refractivity contribution in [2.75, 3.05) is 26.4 Å². The fourth-order valence-corrected chi connectivity index (χ4v) is 1.46. The van der Waals surface area contributed by atoms with Gasteiger partial charge in [-0.15, -0.1) is 0 Å². The van der Waals surface area contributed by atoms with E-state index in [2.05, 4.69) is 6.92 Å². The molecule has 0 N–H and O–H groups in total. The second-order valence-corrected chi connectivity index (χ2v) is 3.85. The number of hydrogen-bond donors (Lipinski definition) is 0. The Morgan fingerprint density at radius 2 is 2.33 bits per heavy atom. The summed E-state index contributed by atoms with van der Waals surface area (Å²) < 4.78 is 15.7. The van der Waals surface area contributed by atoms with Crippen molar-refractivity contribution in [3.63, 3.8) is 0 Å². The van der Waals surface area contributed by atoms with Crippen molar-refractivity contribution in [2.45, 2.75) is 25.5 Å². The van der Waals surface area contributed by atoms with E-state index in [4.69, 9.17) is 13.9 Å². The average Bonchev–Trinajstić information content (AvgIpc) is 2.87. The van der Waals surface area contributed by atoms with Gasteiger partial charge in [-0.2, -0.15) is 0 Å². The Kier molecular flexibility index (Phi) is 5.59. The van der Waals surface area contributed by atoms with Crippen LogP contribution >= 0.6 is 0 Å². The first-order valence-electron chi connectivity index (χ1n) is 4.47. The fourth-order valence-electron chi connectivity index (χ4n) is 0.739. The summed E-state index contributed by atoms with van der Waals surface area (Å²) in [4.78, 5) is 0. The van der Waals surface area contributed by atoms with Crippen LogP contribution in [0.5, 0.6) is 0 Å².